The molecule has 1 fully saturated rings. The van der Waals surface area contributed by atoms with Crippen LogP contribution in [-0.4, -0.2) is 28.6 Å². The molecular weight excluding hydrogens is 338 g/mol. The number of likely N-dealkylation sites (tertiary alicyclic amines) is 1. The predicted octanol–water partition coefficient (Wildman–Crippen LogP) is 3.42. The molecular formula is C14H14BrN3OS. The third kappa shape index (κ3) is 2.86. The number of benzene rings is 1. The van der Waals surface area contributed by atoms with Crippen molar-refractivity contribution in [3.05, 3.63) is 45.1 Å². The van der Waals surface area contributed by atoms with Crippen LogP contribution in [0.25, 0.3) is 5.69 Å². The van der Waals surface area contributed by atoms with Crippen molar-refractivity contribution in [1.82, 2.24) is 9.47 Å². The van der Waals surface area contributed by atoms with Gasteiger partial charge in [-0.05, 0) is 37.1 Å². The Labute approximate surface area is 129 Å². The van der Waals surface area contributed by atoms with Gasteiger partial charge < -0.3 is 4.90 Å². The van der Waals surface area contributed by atoms with Crippen LogP contribution in [0.2, 0.25) is 0 Å². The number of carbonyl (C=O) groups excluding carboxylic acids is 1. The van der Waals surface area contributed by atoms with Gasteiger partial charge in [0.2, 0.25) is 0 Å². The van der Waals surface area contributed by atoms with Gasteiger partial charge in [-0.1, -0.05) is 15.9 Å². The predicted molar refractivity (Wildman–Crippen MR) is 83.1 cm³/mol. The van der Waals surface area contributed by atoms with E-state index >= 15 is 0 Å². The van der Waals surface area contributed by atoms with Crippen molar-refractivity contribution in [1.29, 1.82) is 0 Å². The number of carbonyl (C=O) groups is 1. The summed E-state index contributed by atoms with van der Waals surface area (Å²) < 4.78 is 2.97. The number of aromatic nitrogens is 1. The third-order valence-electron chi connectivity index (χ3n) is 3.26. The minimum Gasteiger partial charge on any atom is -0.323 e. The lowest BCUT2D eigenvalue weighted by molar-refractivity contribution is 0.218. The summed E-state index contributed by atoms with van der Waals surface area (Å²) >= 11 is 4.89. The smallest absolute Gasteiger partial charge is 0.323 e. The highest BCUT2D eigenvalue weighted by molar-refractivity contribution is 9.10. The Morgan fingerprint density at radius 2 is 1.90 bits per heavy atom. The van der Waals surface area contributed by atoms with Crippen molar-refractivity contribution in [3.63, 3.8) is 0 Å². The van der Waals surface area contributed by atoms with Gasteiger partial charge in [0, 0.05) is 34.8 Å². The molecule has 1 aliphatic rings. The highest BCUT2D eigenvalue weighted by Crippen LogP contribution is 2.13. The van der Waals surface area contributed by atoms with E-state index in [1.54, 1.807) is 0 Å². The normalized spacial score (nSPS) is 15.8. The van der Waals surface area contributed by atoms with Crippen LogP contribution >= 0.6 is 27.3 Å². The first-order chi connectivity index (χ1) is 9.74. The number of urea groups is 1. The van der Waals surface area contributed by atoms with Crippen LogP contribution in [0.3, 0.4) is 0 Å². The zero-order valence-electron chi connectivity index (χ0n) is 10.8. The van der Waals surface area contributed by atoms with Crippen LogP contribution < -0.4 is 4.80 Å². The molecule has 4 nitrogen and oxygen atoms in total. The fourth-order valence-corrected chi connectivity index (χ4v) is 3.19. The molecule has 0 spiro atoms. The zero-order chi connectivity index (χ0) is 13.9. The summed E-state index contributed by atoms with van der Waals surface area (Å²) in [6, 6.07) is 7.82. The van der Waals surface area contributed by atoms with Gasteiger partial charge in [-0.25, -0.2) is 4.79 Å². The fraction of sp³-hybridized carbons (Fsp3) is 0.286. The molecule has 2 heterocycles. The SMILES string of the molecule is O=C(/N=c1\sccn1-c1ccc(Br)cc1)N1CCCC1. The van der Waals surface area contributed by atoms with E-state index in [0.29, 0.717) is 4.80 Å². The lowest BCUT2D eigenvalue weighted by Gasteiger charge is -2.10. The van der Waals surface area contributed by atoms with Gasteiger partial charge in [0.05, 0.1) is 0 Å². The van der Waals surface area contributed by atoms with Gasteiger partial charge >= 0.3 is 6.03 Å². The minimum atomic E-state index is -0.129. The average Bonchev–Trinajstić information content (AvgIpc) is 3.10. The molecule has 104 valence electrons. The number of nitrogens with zero attached hydrogens (tertiary/aromatic N) is 3. The number of rotatable bonds is 1. The molecule has 1 saturated heterocycles. The third-order valence-corrected chi connectivity index (χ3v) is 4.55. The molecule has 3 rings (SSSR count). The standard InChI is InChI=1S/C14H14BrN3OS/c15-11-3-5-12(6-4-11)18-9-10-20-14(18)16-13(19)17-7-1-2-8-17/h3-6,9-10H,1-2,7-8H2/b16-14-. The lowest BCUT2D eigenvalue weighted by Crippen LogP contribution is -2.27. The summed E-state index contributed by atoms with van der Waals surface area (Å²) in [4.78, 5) is 18.9. The second-order valence-corrected chi connectivity index (χ2v) is 6.41. The highest BCUT2D eigenvalue weighted by Gasteiger charge is 2.17. The van der Waals surface area contributed by atoms with Crippen LogP contribution in [0.15, 0.2) is 45.3 Å². The molecule has 0 aliphatic carbocycles. The van der Waals surface area contributed by atoms with Gasteiger partial charge in [-0.2, -0.15) is 4.99 Å². The van der Waals surface area contributed by atoms with Crippen LogP contribution in [0.4, 0.5) is 4.79 Å². The Morgan fingerprint density at radius 3 is 2.60 bits per heavy atom. The maximum absolute atomic E-state index is 12.1. The van der Waals surface area contributed by atoms with E-state index in [2.05, 4.69) is 20.9 Å². The second-order valence-electron chi connectivity index (χ2n) is 4.62. The first-order valence-corrected chi connectivity index (χ1v) is 8.17. The Kier molecular flexibility index (Phi) is 4.03. The molecule has 2 aromatic rings. The van der Waals surface area contributed by atoms with Crippen molar-refractivity contribution in [3.8, 4) is 5.69 Å². The summed E-state index contributed by atoms with van der Waals surface area (Å²) in [5, 5.41) is 1.94. The van der Waals surface area contributed by atoms with E-state index in [9.17, 15) is 4.79 Å². The summed E-state index contributed by atoms with van der Waals surface area (Å²) in [6.45, 7) is 1.65. The summed E-state index contributed by atoms with van der Waals surface area (Å²) in [7, 11) is 0. The molecule has 6 heteroatoms. The van der Waals surface area contributed by atoms with Gasteiger partial charge in [-0.3, -0.25) is 4.57 Å². The maximum atomic E-state index is 12.1. The van der Waals surface area contributed by atoms with E-state index in [1.807, 2.05) is 45.3 Å². The molecule has 1 aliphatic heterocycles. The lowest BCUT2D eigenvalue weighted by atomic mass is 10.3. The van der Waals surface area contributed by atoms with Gasteiger partial charge in [0.1, 0.15) is 0 Å². The van der Waals surface area contributed by atoms with E-state index in [1.165, 1.54) is 11.3 Å². The first kappa shape index (κ1) is 13.6. The first-order valence-electron chi connectivity index (χ1n) is 6.50. The van der Waals surface area contributed by atoms with E-state index in [0.717, 1.165) is 36.1 Å². The molecule has 2 amide bonds. The second kappa shape index (κ2) is 5.93. The van der Waals surface area contributed by atoms with E-state index in [-0.39, 0.29) is 6.03 Å². The Balaban J connectivity index is 1.93. The average molecular weight is 352 g/mol. The van der Waals surface area contributed by atoms with Crippen LogP contribution in [0.5, 0.6) is 0 Å². The van der Waals surface area contributed by atoms with Gasteiger partial charge in [0.25, 0.3) is 0 Å². The van der Waals surface area contributed by atoms with E-state index < -0.39 is 0 Å². The molecule has 20 heavy (non-hydrogen) atoms. The van der Waals surface area contributed by atoms with Crippen molar-refractivity contribution in [2.45, 2.75) is 12.8 Å². The highest BCUT2D eigenvalue weighted by atomic mass is 79.9. The molecule has 1 aromatic carbocycles. The topological polar surface area (TPSA) is 37.6 Å². The summed E-state index contributed by atoms with van der Waals surface area (Å²) in [5.74, 6) is 0. The Morgan fingerprint density at radius 1 is 1.20 bits per heavy atom. The monoisotopic (exact) mass is 351 g/mol. The van der Waals surface area contributed by atoms with Gasteiger partial charge in [0.15, 0.2) is 4.80 Å². The summed E-state index contributed by atoms with van der Waals surface area (Å²) in [5.41, 5.74) is 1.00. The molecule has 1 aromatic heterocycles. The quantitative estimate of drug-likeness (QED) is 0.775. The van der Waals surface area contributed by atoms with Crippen molar-refractivity contribution in [2.24, 2.45) is 4.99 Å². The van der Waals surface area contributed by atoms with Crippen LogP contribution in [0.1, 0.15) is 12.8 Å². The number of amides is 2. The van der Waals surface area contributed by atoms with Crippen molar-refractivity contribution in [2.75, 3.05) is 13.1 Å². The molecule has 0 unspecified atom stereocenters. The minimum absolute atomic E-state index is 0.129. The number of thiazole rings is 1. The molecule has 0 bridgehead atoms. The van der Waals surface area contributed by atoms with Crippen molar-refractivity contribution < 1.29 is 4.79 Å². The van der Waals surface area contributed by atoms with Crippen molar-refractivity contribution >= 4 is 33.3 Å². The van der Waals surface area contributed by atoms with E-state index in [4.69, 9.17) is 0 Å². The van der Waals surface area contributed by atoms with Gasteiger partial charge in [-0.15, -0.1) is 11.3 Å². The Hall–Kier alpha value is -1.40. The van der Waals surface area contributed by atoms with Crippen LogP contribution in [-0.2, 0) is 0 Å². The molecule has 0 N–H and O–H groups in total. The number of hydrogen-bond donors (Lipinski definition) is 0. The molecule has 0 atom stereocenters. The largest absolute Gasteiger partial charge is 0.346 e. The summed E-state index contributed by atoms with van der Waals surface area (Å²) in [6.07, 6.45) is 4.10. The number of hydrogen-bond acceptors (Lipinski definition) is 2. The number of halogens is 1. The molecule has 0 radical (unpaired) electrons. The zero-order valence-corrected chi connectivity index (χ0v) is 13.2. The fourth-order valence-electron chi connectivity index (χ4n) is 2.21. The Bertz CT molecular complexity index is 668. The molecule has 0 saturated carbocycles. The maximum Gasteiger partial charge on any atom is 0.346 e. The van der Waals surface area contributed by atoms with Crippen LogP contribution in [0, 0.1) is 0 Å².